The van der Waals surface area contributed by atoms with Crippen molar-refractivity contribution in [3.8, 4) is 5.75 Å². The predicted octanol–water partition coefficient (Wildman–Crippen LogP) is 3.30. The third-order valence-corrected chi connectivity index (χ3v) is 6.21. The van der Waals surface area contributed by atoms with Crippen molar-refractivity contribution in [1.29, 1.82) is 0 Å². The Bertz CT molecular complexity index is 821. The van der Waals surface area contributed by atoms with Crippen LogP contribution in [-0.4, -0.2) is 65.4 Å². The second kappa shape index (κ2) is 9.54. The molecule has 1 unspecified atom stereocenters. The Morgan fingerprint density at radius 1 is 1.38 bits per heavy atom. The summed E-state index contributed by atoms with van der Waals surface area (Å²) in [6.07, 6.45) is 1.94. The number of carboxylic acid groups (broad SMARTS) is 1. The van der Waals surface area contributed by atoms with Crippen molar-refractivity contribution in [3.63, 3.8) is 0 Å². The van der Waals surface area contributed by atoms with Crippen LogP contribution in [-0.2, 0) is 16.1 Å². The fourth-order valence-corrected chi connectivity index (χ4v) is 4.82. The Labute approximate surface area is 175 Å². The van der Waals surface area contributed by atoms with Gasteiger partial charge in [-0.1, -0.05) is 13.0 Å². The van der Waals surface area contributed by atoms with Gasteiger partial charge < -0.3 is 24.4 Å². The number of carbonyl (C=O) groups is 1. The van der Waals surface area contributed by atoms with E-state index in [1.165, 1.54) is 19.2 Å². The molecule has 1 aromatic carbocycles. The van der Waals surface area contributed by atoms with E-state index >= 15 is 0 Å². The minimum Gasteiger partial charge on any atom is -0.496 e. The topological polar surface area (TPSA) is 62.2 Å². The Kier molecular flexibility index (Phi) is 7.08. The maximum atomic E-state index is 13.7. The van der Waals surface area contributed by atoms with Crippen LogP contribution in [0.2, 0.25) is 0 Å². The minimum absolute atomic E-state index is 0.352. The lowest BCUT2D eigenvalue weighted by molar-refractivity contribution is -0.133. The summed E-state index contributed by atoms with van der Waals surface area (Å²) in [7, 11) is 1.51. The number of morpholine rings is 1. The quantitative estimate of drug-likeness (QED) is 0.723. The van der Waals surface area contributed by atoms with Gasteiger partial charge in [0.1, 0.15) is 22.8 Å². The van der Waals surface area contributed by atoms with E-state index in [9.17, 15) is 14.3 Å². The minimum atomic E-state index is -0.915. The lowest BCUT2D eigenvalue weighted by Gasteiger charge is -2.44. The number of rotatable bonds is 7. The van der Waals surface area contributed by atoms with Gasteiger partial charge in [-0.25, -0.2) is 9.18 Å². The molecule has 158 valence electrons. The number of methoxy groups -OCH3 is 1. The van der Waals surface area contributed by atoms with Crippen LogP contribution in [0.3, 0.4) is 0 Å². The van der Waals surface area contributed by atoms with Crippen molar-refractivity contribution in [3.05, 3.63) is 52.6 Å². The normalized spacial score (nSPS) is 20.0. The van der Waals surface area contributed by atoms with Crippen molar-refractivity contribution in [1.82, 2.24) is 9.80 Å². The first-order chi connectivity index (χ1) is 14.0. The molecule has 1 fully saturated rings. The van der Waals surface area contributed by atoms with Gasteiger partial charge in [0.05, 0.1) is 25.9 Å². The second-order valence-corrected chi connectivity index (χ2v) is 8.25. The summed E-state index contributed by atoms with van der Waals surface area (Å²) in [6, 6.07) is 4.46. The second-order valence-electron chi connectivity index (χ2n) is 6.90. The highest BCUT2D eigenvalue weighted by Gasteiger charge is 2.36. The van der Waals surface area contributed by atoms with Crippen LogP contribution in [0, 0.1) is 5.82 Å². The van der Waals surface area contributed by atoms with E-state index in [0.29, 0.717) is 31.1 Å². The van der Waals surface area contributed by atoms with Crippen LogP contribution in [0.5, 0.6) is 5.75 Å². The van der Waals surface area contributed by atoms with Crippen LogP contribution >= 0.6 is 11.8 Å². The first-order valence-corrected chi connectivity index (χ1v) is 10.7. The van der Waals surface area contributed by atoms with E-state index in [0.717, 1.165) is 35.8 Å². The van der Waals surface area contributed by atoms with Crippen molar-refractivity contribution in [2.45, 2.75) is 25.8 Å². The third-order valence-electron chi connectivity index (χ3n) is 5.07. The SMILES string of the molecule is CCSC1C(C(=O)O)=C(C)C=C(N2CCOCC2)N1Cc1ccc(F)cc1OC. The summed E-state index contributed by atoms with van der Waals surface area (Å²) in [5.41, 5.74) is 1.95. The molecule has 1 aromatic rings. The summed E-state index contributed by atoms with van der Waals surface area (Å²) in [5.74, 6) is 0.904. The standard InChI is InChI=1S/C21H27FN2O4S/c1-4-29-20-19(21(25)26)14(2)11-18(23-7-9-28-10-8-23)24(20)13-15-5-6-16(22)12-17(15)27-3/h5-6,11-12,20H,4,7-10,13H2,1-3H3,(H,25,26). The van der Waals surface area contributed by atoms with Gasteiger partial charge in [0, 0.05) is 31.3 Å². The molecule has 1 N–H and O–H groups in total. The molecular weight excluding hydrogens is 395 g/mol. The predicted molar refractivity (Wildman–Crippen MR) is 111 cm³/mol. The molecule has 2 aliphatic rings. The molecule has 3 rings (SSSR count). The molecule has 1 atom stereocenters. The number of hydrogen-bond donors (Lipinski definition) is 1. The Morgan fingerprint density at radius 3 is 2.72 bits per heavy atom. The molecule has 2 heterocycles. The van der Waals surface area contributed by atoms with Crippen molar-refractivity contribution < 1.29 is 23.8 Å². The van der Waals surface area contributed by atoms with Crippen molar-refractivity contribution >= 4 is 17.7 Å². The number of carboxylic acids is 1. The monoisotopic (exact) mass is 422 g/mol. The molecule has 29 heavy (non-hydrogen) atoms. The van der Waals surface area contributed by atoms with E-state index in [2.05, 4.69) is 9.80 Å². The molecule has 2 aliphatic heterocycles. The number of thioether (sulfide) groups is 1. The lowest BCUT2D eigenvalue weighted by Crippen LogP contribution is -2.47. The molecule has 0 aliphatic carbocycles. The first-order valence-electron chi connectivity index (χ1n) is 9.65. The van der Waals surface area contributed by atoms with Crippen LogP contribution < -0.4 is 4.74 Å². The first kappa shape index (κ1) is 21.5. The number of halogens is 1. The lowest BCUT2D eigenvalue weighted by atomic mass is 10.0. The summed E-state index contributed by atoms with van der Waals surface area (Å²) in [6.45, 7) is 7.01. The van der Waals surface area contributed by atoms with Gasteiger partial charge in [-0.2, -0.15) is 0 Å². The summed E-state index contributed by atoms with van der Waals surface area (Å²) < 4.78 is 24.6. The highest BCUT2D eigenvalue weighted by atomic mass is 32.2. The van der Waals surface area contributed by atoms with Crippen LogP contribution in [0.25, 0.3) is 0 Å². The summed E-state index contributed by atoms with van der Waals surface area (Å²) >= 11 is 1.58. The molecule has 1 saturated heterocycles. The molecule has 0 saturated carbocycles. The van der Waals surface area contributed by atoms with E-state index < -0.39 is 5.97 Å². The number of benzene rings is 1. The summed E-state index contributed by atoms with van der Waals surface area (Å²) in [5, 5.41) is 9.54. The number of ether oxygens (including phenoxy) is 2. The average Bonchev–Trinajstić information content (AvgIpc) is 2.71. The number of aliphatic carboxylic acids is 1. The molecule has 0 bridgehead atoms. The van der Waals surface area contributed by atoms with Crippen molar-refractivity contribution in [2.24, 2.45) is 0 Å². The van der Waals surface area contributed by atoms with Crippen molar-refractivity contribution in [2.75, 3.05) is 39.2 Å². The Morgan fingerprint density at radius 2 is 2.10 bits per heavy atom. The fourth-order valence-electron chi connectivity index (χ4n) is 3.69. The zero-order valence-corrected chi connectivity index (χ0v) is 17.8. The van der Waals surface area contributed by atoms with Crippen LogP contribution in [0.1, 0.15) is 19.4 Å². The number of nitrogens with zero attached hydrogens (tertiary/aromatic N) is 2. The Hall–Kier alpha value is -2.19. The number of hydrogen-bond acceptors (Lipinski definition) is 6. The molecule has 6 nitrogen and oxygen atoms in total. The highest BCUT2D eigenvalue weighted by molar-refractivity contribution is 8.00. The van der Waals surface area contributed by atoms with Gasteiger partial charge in [-0.05, 0) is 30.4 Å². The van der Waals surface area contributed by atoms with Crippen LogP contribution in [0.4, 0.5) is 4.39 Å². The highest BCUT2D eigenvalue weighted by Crippen LogP contribution is 2.37. The molecule has 0 radical (unpaired) electrons. The van der Waals surface area contributed by atoms with E-state index in [-0.39, 0.29) is 11.2 Å². The molecule has 0 spiro atoms. The van der Waals surface area contributed by atoms with Gasteiger partial charge >= 0.3 is 5.97 Å². The fraction of sp³-hybridized carbons (Fsp3) is 0.476. The third kappa shape index (κ3) is 4.70. The smallest absolute Gasteiger partial charge is 0.334 e. The van der Waals surface area contributed by atoms with Gasteiger partial charge in [-0.15, -0.1) is 11.8 Å². The van der Waals surface area contributed by atoms with Gasteiger partial charge in [0.2, 0.25) is 0 Å². The molecule has 0 aromatic heterocycles. The van der Waals surface area contributed by atoms with Gasteiger partial charge in [0.25, 0.3) is 0 Å². The van der Waals surface area contributed by atoms with E-state index in [1.807, 2.05) is 19.9 Å². The van der Waals surface area contributed by atoms with E-state index in [1.54, 1.807) is 17.8 Å². The van der Waals surface area contributed by atoms with E-state index in [4.69, 9.17) is 9.47 Å². The largest absolute Gasteiger partial charge is 0.496 e. The molecule has 8 heteroatoms. The zero-order valence-electron chi connectivity index (χ0n) is 17.0. The Balaban J connectivity index is 2.05. The molecular formula is C21H27FN2O4S. The summed E-state index contributed by atoms with van der Waals surface area (Å²) in [4.78, 5) is 16.4. The maximum absolute atomic E-state index is 13.7. The number of allylic oxidation sites excluding steroid dienone is 2. The molecule has 0 amide bonds. The van der Waals surface area contributed by atoms with Crippen LogP contribution in [0.15, 0.2) is 41.2 Å². The van der Waals surface area contributed by atoms with Gasteiger partial charge in [0.15, 0.2) is 0 Å². The average molecular weight is 423 g/mol. The zero-order chi connectivity index (χ0) is 21.0. The maximum Gasteiger partial charge on any atom is 0.334 e. The van der Waals surface area contributed by atoms with Gasteiger partial charge in [-0.3, -0.25) is 0 Å².